The van der Waals surface area contributed by atoms with Crippen molar-refractivity contribution in [2.45, 2.75) is 32.6 Å². The van der Waals surface area contributed by atoms with Crippen LogP contribution in [0.5, 0.6) is 0 Å². The van der Waals surface area contributed by atoms with E-state index in [1.807, 2.05) is 30.2 Å². The molecule has 0 bridgehead atoms. The number of nitrogens with zero attached hydrogens (tertiary/aromatic N) is 6. The Morgan fingerprint density at radius 2 is 2.17 bits per heavy atom. The molecule has 4 rings (SSSR count). The van der Waals surface area contributed by atoms with Crippen molar-refractivity contribution in [1.29, 1.82) is 0 Å². The SMILES string of the molecule is Cc1nc(Nc2nncs2)cc([C@H]2CCCN(C(=O)/C=C/c3csc(C)n3)C2)n1. The normalized spacial score (nSPS) is 17.0. The first-order valence-corrected chi connectivity index (χ1v) is 11.1. The van der Waals surface area contributed by atoms with Crippen LogP contribution in [0.1, 0.15) is 41.0 Å². The first kappa shape index (κ1) is 19.6. The molecule has 8 nitrogen and oxygen atoms in total. The van der Waals surface area contributed by atoms with E-state index in [2.05, 4.69) is 30.5 Å². The smallest absolute Gasteiger partial charge is 0.246 e. The molecule has 0 unspecified atom stereocenters. The van der Waals surface area contributed by atoms with Crippen LogP contribution in [0.3, 0.4) is 0 Å². The first-order chi connectivity index (χ1) is 14.1. The van der Waals surface area contributed by atoms with Crippen molar-refractivity contribution >= 4 is 45.6 Å². The zero-order valence-corrected chi connectivity index (χ0v) is 17.8. The number of likely N-dealkylation sites (tertiary alicyclic amines) is 1. The number of rotatable bonds is 5. The van der Waals surface area contributed by atoms with Crippen LogP contribution in [-0.4, -0.2) is 49.0 Å². The Kier molecular flexibility index (Phi) is 5.91. The maximum atomic E-state index is 12.7. The highest BCUT2D eigenvalue weighted by atomic mass is 32.1. The standard InChI is InChI=1S/C19H21N7OS2/c1-12-21-16(8-17(22-12)24-19-25-20-11-29-19)14-4-3-7-26(9-14)18(27)6-5-15-10-28-13(2)23-15/h5-6,8,10-11,14H,3-4,7,9H2,1-2H3,(H,21,22,24,25)/b6-5+/t14-/m0/s1. The average Bonchev–Trinajstić information content (AvgIpc) is 3.37. The summed E-state index contributed by atoms with van der Waals surface area (Å²) in [6.45, 7) is 5.24. The van der Waals surface area contributed by atoms with Crippen LogP contribution in [0.4, 0.5) is 10.9 Å². The van der Waals surface area contributed by atoms with Crippen LogP contribution in [0.25, 0.3) is 6.08 Å². The Labute approximate surface area is 176 Å². The monoisotopic (exact) mass is 427 g/mol. The van der Waals surface area contributed by atoms with Crippen LogP contribution in [0.15, 0.2) is 23.0 Å². The summed E-state index contributed by atoms with van der Waals surface area (Å²) in [5, 5.41) is 14.6. The number of carbonyl (C=O) groups excluding carboxylic acids is 1. The van der Waals surface area contributed by atoms with Crippen molar-refractivity contribution in [3.05, 3.63) is 45.3 Å². The highest BCUT2D eigenvalue weighted by Crippen LogP contribution is 2.28. The van der Waals surface area contributed by atoms with Crippen LogP contribution in [-0.2, 0) is 4.79 Å². The van der Waals surface area contributed by atoms with E-state index in [0.717, 1.165) is 35.8 Å². The summed E-state index contributed by atoms with van der Waals surface area (Å²) in [6, 6.07) is 1.95. The molecule has 1 fully saturated rings. The van der Waals surface area contributed by atoms with E-state index in [4.69, 9.17) is 0 Å². The Bertz CT molecular complexity index is 1020. The van der Waals surface area contributed by atoms with Gasteiger partial charge in [0, 0.05) is 36.5 Å². The molecule has 10 heteroatoms. The highest BCUT2D eigenvalue weighted by Gasteiger charge is 2.25. The molecule has 1 amide bonds. The van der Waals surface area contributed by atoms with Crippen LogP contribution < -0.4 is 5.32 Å². The average molecular weight is 428 g/mol. The highest BCUT2D eigenvalue weighted by molar-refractivity contribution is 7.13. The fourth-order valence-electron chi connectivity index (χ4n) is 3.34. The predicted octanol–water partition coefficient (Wildman–Crippen LogP) is 3.56. The Morgan fingerprint density at radius 3 is 2.93 bits per heavy atom. The molecule has 4 heterocycles. The van der Waals surface area contributed by atoms with Crippen LogP contribution >= 0.6 is 22.7 Å². The predicted molar refractivity (Wildman–Crippen MR) is 114 cm³/mol. The minimum atomic E-state index is 0.0124. The van der Waals surface area contributed by atoms with Gasteiger partial charge in [-0.15, -0.1) is 21.5 Å². The van der Waals surface area contributed by atoms with Gasteiger partial charge in [-0.3, -0.25) is 4.79 Å². The van der Waals surface area contributed by atoms with Crippen molar-refractivity contribution in [3.63, 3.8) is 0 Å². The van der Waals surface area contributed by atoms with Gasteiger partial charge in [0.15, 0.2) is 0 Å². The third kappa shape index (κ3) is 5.01. The lowest BCUT2D eigenvalue weighted by Gasteiger charge is -2.32. The molecule has 0 saturated carbocycles. The van der Waals surface area contributed by atoms with E-state index in [0.29, 0.717) is 23.3 Å². The quantitative estimate of drug-likeness (QED) is 0.622. The molecule has 1 atom stereocenters. The molecule has 0 radical (unpaired) electrons. The lowest BCUT2D eigenvalue weighted by molar-refractivity contribution is -0.127. The van der Waals surface area contributed by atoms with E-state index in [9.17, 15) is 4.79 Å². The molecule has 0 aromatic carbocycles. The van der Waals surface area contributed by atoms with Gasteiger partial charge in [-0.25, -0.2) is 15.0 Å². The largest absolute Gasteiger partial charge is 0.338 e. The zero-order chi connectivity index (χ0) is 20.2. The van der Waals surface area contributed by atoms with Crippen molar-refractivity contribution < 1.29 is 4.79 Å². The lowest BCUT2D eigenvalue weighted by Crippen LogP contribution is -2.38. The second-order valence-electron chi connectivity index (χ2n) is 6.84. The van der Waals surface area contributed by atoms with Crippen LogP contribution in [0.2, 0.25) is 0 Å². The number of hydrogen-bond acceptors (Lipinski definition) is 9. The van der Waals surface area contributed by atoms with Gasteiger partial charge < -0.3 is 10.2 Å². The van der Waals surface area contributed by atoms with Gasteiger partial charge in [0.05, 0.1) is 16.4 Å². The van der Waals surface area contributed by atoms with Crippen molar-refractivity contribution in [1.82, 2.24) is 30.0 Å². The summed E-state index contributed by atoms with van der Waals surface area (Å²) in [5.41, 5.74) is 3.44. The zero-order valence-electron chi connectivity index (χ0n) is 16.2. The molecular weight excluding hydrogens is 406 g/mol. The molecule has 1 aliphatic rings. The maximum absolute atomic E-state index is 12.7. The Hall–Kier alpha value is -2.72. The molecular formula is C19H21N7OS2. The van der Waals surface area contributed by atoms with Crippen molar-refractivity contribution in [2.24, 2.45) is 0 Å². The molecule has 3 aromatic rings. The number of nitrogens with one attached hydrogen (secondary N) is 1. The molecule has 150 valence electrons. The minimum Gasteiger partial charge on any atom is -0.338 e. The molecule has 1 saturated heterocycles. The van der Waals surface area contributed by atoms with Gasteiger partial charge in [0.2, 0.25) is 11.0 Å². The number of amides is 1. The lowest BCUT2D eigenvalue weighted by atomic mass is 9.94. The van der Waals surface area contributed by atoms with Gasteiger partial charge in [-0.1, -0.05) is 11.3 Å². The molecule has 29 heavy (non-hydrogen) atoms. The summed E-state index contributed by atoms with van der Waals surface area (Å²) < 4.78 is 0. The molecule has 0 aliphatic carbocycles. The Morgan fingerprint density at radius 1 is 1.28 bits per heavy atom. The Balaban J connectivity index is 1.45. The summed E-state index contributed by atoms with van der Waals surface area (Å²) in [4.78, 5) is 28.0. The topological polar surface area (TPSA) is 96.8 Å². The summed E-state index contributed by atoms with van der Waals surface area (Å²) in [6.07, 6.45) is 5.34. The molecule has 3 aromatic heterocycles. The molecule has 0 spiro atoms. The van der Waals surface area contributed by atoms with Gasteiger partial charge in [0.25, 0.3) is 0 Å². The van der Waals surface area contributed by atoms with Gasteiger partial charge >= 0.3 is 0 Å². The second-order valence-corrected chi connectivity index (χ2v) is 8.74. The number of carbonyl (C=O) groups is 1. The number of piperidine rings is 1. The van der Waals surface area contributed by atoms with E-state index >= 15 is 0 Å². The fourth-order valence-corrected chi connectivity index (χ4v) is 4.37. The summed E-state index contributed by atoms with van der Waals surface area (Å²) in [7, 11) is 0. The van der Waals surface area contributed by atoms with Crippen LogP contribution in [0, 0.1) is 13.8 Å². The molecule has 1 aliphatic heterocycles. The van der Waals surface area contributed by atoms with Gasteiger partial charge in [-0.05, 0) is 32.8 Å². The van der Waals surface area contributed by atoms with E-state index in [1.165, 1.54) is 11.3 Å². The fraction of sp³-hybridized carbons (Fsp3) is 0.368. The third-order valence-electron chi connectivity index (χ3n) is 4.64. The van der Waals surface area contributed by atoms with E-state index in [1.54, 1.807) is 29.0 Å². The third-order valence-corrected chi connectivity index (χ3v) is 6.04. The van der Waals surface area contributed by atoms with Gasteiger partial charge in [0.1, 0.15) is 17.2 Å². The first-order valence-electron chi connectivity index (χ1n) is 9.35. The molecule has 1 N–H and O–H groups in total. The summed E-state index contributed by atoms with van der Waals surface area (Å²) >= 11 is 2.99. The van der Waals surface area contributed by atoms with Crippen molar-refractivity contribution in [3.8, 4) is 0 Å². The second kappa shape index (κ2) is 8.75. The van der Waals surface area contributed by atoms with E-state index < -0.39 is 0 Å². The number of aromatic nitrogens is 5. The van der Waals surface area contributed by atoms with Crippen molar-refractivity contribution in [2.75, 3.05) is 18.4 Å². The number of hydrogen-bond donors (Lipinski definition) is 1. The maximum Gasteiger partial charge on any atom is 0.246 e. The minimum absolute atomic E-state index is 0.0124. The van der Waals surface area contributed by atoms with Gasteiger partial charge in [-0.2, -0.15) is 0 Å². The number of aryl methyl sites for hydroxylation is 2. The summed E-state index contributed by atoms with van der Waals surface area (Å²) in [5.74, 6) is 1.58. The number of anilines is 2. The number of thiazole rings is 1. The van der Waals surface area contributed by atoms with E-state index in [-0.39, 0.29) is 11.8 Å².